The standard InChI is InChI=1S/C15H23BrO2/c1-4-15(5-2,11-16)12-18-14-8-6-7-13(9-14)10-17-3/h6-9H,4-5,10-12H2,1-3H3. The fourth-order valence-corrected chi connectivity index (χ4v) is 2.76. The van der Waals surface area contributed by atoms with E-state index in [2.05, 4.69) is 29.8 Å². The molecule has 3 heteroatoms. The van der Waals surface area contributed by atoms with Gasteiger partial charge in [-0.25, -0.2) is 0 Å². The van der Waals surface area contributed by atoms with E-state index in [1.165, 1.54) is 0 Å². The van der Waals surface area contributed by atoms with Gasteiger partial charge in [0.25, 0.3) is 0 Å². The Hall–Kier alpha value is -0.540. The molecular formula is C15H23BrO2. The number of methoxy groups -OCH3 is 1. The van der Waals surface area contributed by atoms with Crippen LogP contribution < -0.4 is 4.74 Å². The van der Waals surface area contributed by atoms with Crippen molar-refractivity contribution in [3.05, 3.63) is 29.8 Å². The van der Waals surface area contributed by atoms with Gasteiger partial charge in [0.15, 0.2) is 0 Å². The number of hydrogen-bond acceptors (Lipinski definition) is 2. The van der Waals surface area contributed by atoms with Crippen molar-refractivity contribution in [2.24, 2.45) is 5.41 Å². The van der Waals surface area contributed by atoms with Crippen LogP contribution in [0, 0.1) is 5.41 Å². The highest BCUT2D eigenvalue weighted by molar-refractivity contribution is 9.09. The summed E-state index contributed by atoms with van der Waals surface area (Å²) >= 11 is 3.61. The first-order chi connectivity index (χ1) is 8.69. The average molecular weight is 315 g/mol. The number of hydrogen-bond donors (Lipinski definition) is 0. The average Bonchev–Trinajstić information content (AvgIpc) is 2.42. The first-order valence-corrected chi connectivity index (χ1v) is 7.58. The highest BCUT2D eigenvalue weighted by Gasteiger charge is 2.25. The van der Waals surface area contributed by atoms with Crippen molar-refractivity contribution in [3.8, 4) is 5.75 Å². The monoisotopic (exact) mass is 314 g/mol. The molecule has 0 fully saturated rings. The minimum Gasteiger partial charge on any atom is -0.493 e. The van der Waals surface area contributed by atoms with Crippen LogP contribution in [0.2, 0.25) is 0 Å². The lowest BCUT2D eigenvalue weighted by Gasteiger charge is -2.29. The fourth-order valence-electron chi connectivity index (χ4n) is 1.81. The Morgan fingerprint density at radius 3 is 2.50 bits per heavy atom. The molecule has 0 radical (unpaired) electrons. The smallest absolute Gasteiger partial charge is 0.119 e. The molecule has 0 spiro atoms. The Morgan fingerprint density at radius 1 is 1.22 bits per heavy atom. The zero-order chi connectivity index (χ0) is 13.4. The fraction of sp³-hybridized carbons (Fsp3) is 0.600. The van der Waals surface area contributed by atoms with E-state index in [1.54, 1.807) is 7.11 Å². The summed E-state index contributed by atoms with van der Waals surface area (Å²) in [5.74, 6) is 0.928. The molecular weight excluding hydrogens is 292 g/mol. The number of rotatable bonds is 8. The van der Waals surface area contributed by atoms with E-state index in [0.717, 1.165) is 36.1 Å². The van der Waals surface area contributed by atoms with E-state index in [0.29, 0.717) is 6.61 Å². The molecule has 0 N–H and O–H groups in total. The molecule has 1 rings (SSSR count). The van der Waals surface area contributed by atoms with Crippen molar-refractivity contribution in [3.63, 3.8) is 0 Å². The molecule has 0 aliphatic carbocycles. The second-order valence-corrected chi connectivity index (χ2v) is 5.27. The van der Waals surface area contributed by atoms with Crippen LogP contribution in [0.1, 0.15) is 32.3 Å². The van der Waals surface area contributed by atoms with Crippen LogP contribution in [0.15, 0.2) is 24.3 Å². The molecule has 0 atom stereocenters. The summed E-state index contributed by atoms with van der Waals surface area (Å²) < 4.78 is 11.1. The normalized spacial score (nSPS) is 11.6. The van der Waals surface area contributed by atoms with Crippen LogP contribution in [0.5, 0.6) is 5.75 Å². The maximum Gasteiger partial charge on any atom is 0.119 e. The van der Waals surface area contributed by atoms with Gasteiger partial charge < -0.3 is 9.47 Å². The largest absolute Gasteiger partial charge is 0.493 e. The minimum absolute atomic E-state index is 0.233. The maximum absolute atomic E-state index is 5.95. The van der Waals surface area contributed by atoms with E-state index < -0.39 is 0 Å². The summed E-state index contributed by atoms with van der Waals surface area (Å²) in [6, 6.07) is 8.11. The highest BCUT2D eigenvalue weighted by Crippen LogP contribution is 2.30. The molecule has 18 heavy (non-hydrogen) atoms. The summed E-state index contributed by atoms with van der Waals surface area (Å²) in [5.41, 5.74) is 1.38. The second kappa shape index (κ2) is 7.80. The first kappa shape index (κ1) is 15.5. The van der Waals surface area contributed by atoms with Gasteiger partial charge in [-0.3, -0.25) is 0 Å². The van der Waals surface area contributed by atoms with Gasteiger partial charge in [-0.05, 0) is 30.5 Å². The molecule has 1 aromatic carbocycles. The van der Waals surface area contributed by atoms with Gasteiger partial charge in [-0.15, -0.1) is 0 Å². The lowest BCUT2D eigenvalue weighted by atomic mass is 9.86. The number of benzene rings is 1. The molecule has 102 valence electrons. The Bertz CT molecular complexity index is 340. The molecule has 0 saturated carbocycles. The van der Waals surface area contributed by atoms with Crippen molar-refractivity contribution in [2.45, 2.75) is 33.3 Å². The minimum atomic E-state index is 0.233. The third-order valence-corrected chi connectivity index (χ3v) is 4.73. The molecule has 1 aromatic rings. The van der Waals surface area contributed by atoms with E-state index in [4.69, 9.17) is 9.47 Å². The van der Waals surface area contributed by atoms with Gasteiger partial charge in [-0.1, -0.05) is 41.9 Å². The van der Waals surface area contributed by atoms with Crippen LogP contribution in [-0.2, 0) is 11.3 Å². The van der Waals surface area contributed by atoms with Crippen molar-refractivity contribution >= 4 is 15.9 Å². The quantitative estimate of drug-likeness (QED) is 0.661. The lowest BCUT2D eigenvalue weighted by Crippen LogP contribution is -2.29. The van der Waals surface area contributed by atoms with E-state index in [9.17, 15) is 0 Å². The van der Waals surface area contributed by atoms with E-state index in [1.807, 2.05) is 24.3 Å². The number of halogens is 1. The topological polar surface area (TPSA) is 18.5 Å². The molecule has 0 aliphatic rings. The number of ether oxygens (including phenoxy) is 2. The summed E-state index contributed by atoms with van der Waals surface area (Å²) in [5, 5.41) is 0.977. The number of alkyl halides is 1. The van der Waals surface area contributed by atoms with Crippen molar-refractivity contribution in [1.82, 2.24) is 0 Å². The molecule has 0 aliphatic heterocycles. The van der Waals surface area contributed by atoms with Gasteiger partial charge in [0.05, 0.1) is 13.2 Å². The van der Waals surface area contributed by atoms with Gasteiger partial charge in [0.2, 0.25) is 0 Å². The van der Waals surface area contributed by atoms with Gasteiger partial charge in [0, 0.05) is 17.9 Å². The zero-order valence-electron chi connectivity index (χ0n) is 11.5. The van der Waals surface area contributed by atoms with Crippen molar-refractivity contribution < 1.29 is 9.47 Å². The van der Waals surface area contributed by atoms with Gasteiger partial charge in [-0.2, -0.15) is 0 Å². The Balaban J connectivity index is 2.64. The molecule has 0 aromatic heterocycles. The summed E-state index contributed by atoms with van der Waals surface area (Å²) in [6.45, 7) is 5.81. The van der Waals surface area contributed by atoms with Crippen LogP contribution in [0.4, 0.5) is 0 Å². The van der Waals surface area contributed by atoms with Crippen LogP contribution in [0.25, 0.3) is 0 Å². The van der Waals surface area contributed by atoms with Gasteiger partial charge >= 0.3 is 0 Å². The molecule has 0 bridgehead atoms. The van der Waals surface area contributed by atoms with E-state index >= 15 is 0 Å². The highest BCUT2D eigenvalue weighted by atomic mass is 79.9. The Kier molecular flexibility index (Phi) is 6.72. The van der Waals surface area contributed by atoms with Crippen molar-refractivity contribution in [2.75, 3.05) is 19.0 Å². The molecule has 0 unspecified atom stereocenters. The Labute approximate surface area is 119 Å². The lowest BCUT2D eigenvalue weighted by molar-refractivity contribution is 0.156. The predicted octanol–water partition coefficient (Wildman–Crippen LogP) is 4.41. The SMILES string of the molecule is CCC(CC)(CBr)COc1cccc(COC)c1. The zero-order valence-corrected chi connectivity index (χ0v) is 13.1. The molecule has 0 saturated heterocycles. The maximum atomic E-state index is 5.95. The molecule has 2 nitrogen and oxygen atoms in total. The summed E-state index contributed by atoms with van der Waals surface area (Å²) in [4.78, 5) is 0. The predicted molar refractivity (Wildman–Crippen MR) is 79.5 cm³/mol. The third kappa shape index (κ3) is 4.29. The van der Waals surface area contributed by atoms with Gasteiger partial charge in [0.1, 0.15) is 5.75 Å². The third-order valence-electron chi connectivity index (χ3n) is 3.54. The van der Waals surface area contributed by atoms with Crippen LogP contribution >= 0.6 is 15.9 Å². The van der Waals surface area contributed by atoms with Crippen LogP contribution in [-0.4, -0.2) is 19.0 Å². The van der Waals surface area contributed by atoms with Crippen molar-refractivity contribution in [1.29, 1.82) is 0 Å². The second-order valence-electron chi connectivity index (χ2n) is 4.71. The summed E-state index contributed by atoms with van der Waals surface area (Å²) in [6.07, 6.45) is 2.24. The van der Waals surface area contributed by atoms with Crippen LogP contribution in [0.3, 0.4) is 0 Å². The Morgan fingerprint density at radius 2 is 1.94 bits per heavy atom. The first-order valence-electron chi connectivity index (χ1n) is 6.46. The van der Waals surface area contributed by atoms with E-state index in [-0.39, 0.29) is 5.41 Å². The molecule has 0 heterocycles. The summed E-state index contributed by atoms with van der Waals surface area (Å²) in [7, 11) is 1.71. The molecule has 0 amide bonds.